The predicted molar refractivity (Wildman–Crippen MR) is 58.4 cm³/mol. The minimum absolute atomic E-state index is 0.0600. The molecule has 0 aliphatic carbocycles. The molecule has 84 valence electrons. The normalized spacial score (nSPS) is 14.6. The molecule has 0 spiro atoms. The van der Waals surface area contributed by atoms with E-state index in [0.29, 0.717) is 11.1 Å². The van der Waals surface area contributed by atoms with Gasteiger partial charge in [0.05, 0.1) is 24.3 Å². The van der Waals surface area contributed by atoms with Gasteiger partial charge in [-0.1, -0.05) is 0 Å². The van der Waals surface area contributed by atoms with Crippen molar-refractivity contribution in [3.8, 4) is 0 Å². The molecule has 2 amide bonds. The quantitative estimate of drug-likeness (QED) is 0.751. The third-order valence-electron chi connectivity index (χ3n) is 2.91. The summed E-state index contributed by atoms with van der Waals surface area (Å²) in [5.41, 5.74) is 2.87. The number of carbonyl (C=O) groups is 2. The molecule has 1 aliphatic heterocycles. The number of β-amino-alcohol motifs (C(OH)–C–C–N with tert-alkyl or cyclic N) is 1. The third kappa shape index (κ3) is 1.42. The standard InChI is InChI=1S/C12H13NO3/c1-7-5-9-10(6-8(7)2)12(16)13(3-4-14)11(9)15/h5-6,14H,3-4H2,1-2H3. The number of hydrogen-bond acceptors (Lipinski definition) is 3. The predicted octanol–water partition coefficient (Wildman–Crippen LogP) is 0.892. The molecule has 0 bridgehead atoms. The summed E-state index contributed by atoms with van der Waals surface area (Å²) >= 11 is 0. The molecule has 1 N–H and O–H groups in total. The van der Waals surface area contributed by atoms with E-state index in [-0.39, 0.29) is 25.0 Å². The third-order valence-corrected chi connectivity index (χ3v) is 2.91. The van der Waals surface area contributed by atoms with Crippen LogP contribution < -0.4 is 0 Å². The van der Waals surface area contributed by atoms with Crippen molar-refractivity contribution in [2.75, 3.05) is 13.2 Å². The molecule has 0 atom stereocenters. The van der Waals surface area contributed by atoms with Gasteiger partial charge >= 0.3 is 0 Å². The molecule has 0 radical (unpaired) electrons. The lowest BCUT2D eigenvalue weighted by Crippen LogP contribution is -2.32. The van der Waals surface area contributed by atoms with E-state index in [4.69, 9.17) is 5.11 Å². The molecular formula is C12H13NO3. The van der Waals surface area contributed by atoms with Crippen LogP contribution in [0, 0.1) is 13.8 Å². The number of rotatable bonds is 2. The fraction of sp³-hybridized carbons (Fsp3) is 0.333. The number of imide groups is 1. The molecule has 1 aromatic carbocycles. The van der Waals surface area contributed by atoms with Crippen LogP contribution in [-0.4, -0.2) is 35.0 Å². The Bertz CT molecular complexity index is 438. The van der Waals surface area contributed by atoms with E-state index in [2.05, 4.69) is 0 Å². The van der Waals surface area contributed by atoms with Crippen LogP contribution in [0.15, 0.2) is 12.1 Å². The van der Waals surface area contributed by atoms with Crippen LogP contribution in [0.2, 0.25) is 0 Å². The number of aliphatic hydroxyl groups is 1. The van der Waals surface area contributed by atoms with Gasteiger partial charge in [-0.25, -0.2) is 0 Å². The smallest absolute Gasteiger partial charge is 0.261 e. The van der Waals surface area contributed by atoms with Gasteiger partial charge in [-0.2, -0.15) is 0 Å². The SMILES string of the molecule is Cc1cc2c(cc1C)C(=O)N(CCO)C2=O. The Balaban J connectivity index is 2.51. The second-order valence-electron chi connectivity index (χ2n) is 3.97. The largest absolute Gasteiger partial charge is 0.395 e. The summed E-state index contributed by atoms with van der Waals surface area (Å²) in [5.74, 6) is -0.616. The highest BCUT2D eigenvalue weighted by molar-refractivity contribution is 6.21. The van der Waals surface area contributed by atoms with Gasteiger partial charge in [0.1, 0.15) is 0 Å². The van der Waals surface area contributed by atoms with Crippen LogP contribution in [0.25, 0.3) is 0 Å². The number of nitrogens with zero attached hydrogens (tertiary/aromatic N) is 1. The molecule has 1 aliphatic rings. The molecule has 4 heteroatoms. The number of amides is 2. The first-order valence-corrected chi connectivity index (χ1v) is 5.14. The maximum Gasteiger partial charge on any atom is 0.261 e. The van der Waals surface area contributed by atoms with Crippen molar-refractivity contribution in [3.63, 3.8) is 0 Å². The van der Waals surface area contributed by atoms with E-state index in [1.54, 1.807) is 12.1 Å². The highest BCUT2D eigenvalue weighted by atomic mass is 16.3. The fourth-order valence-corrected chi connectivity index (χ4v) is 1.86. The average Bonchev–Trinajstić information content (AvgIpc) is 2.46. The number of benzene rings is 1. The summed E-state index contributed by atoms with van der Waals surface area (Å²) in [5, 5.41) is 8.80. The van der Waals surface area contributed by atoms with Gasteiger partial charge in [0.25, 0.3) is 11.8 Å². The zero-order valence-electron chi connectivity index (χ0n) is 9.28. The van der Waals surface area contributed by atoms with E-state index in [1.165, 1.54) is 0 Å². The molecule has 1 aromatic rings. The lowest BCUT2D eigenvalue weighted by Gasteiger charge is -2.10. The number of aryl methyl sites for hydroxylation is 2. The first-order chi connectivity index (χ1) is 7.56. The van der Waals surface area contributed by atoms with Crippen LogP contribution in [0.4, 0.5) is 0 Å². The van der Waals surface area contributed by atoms with Crippen LogP contribution >= 0.6 is 0 Å². The van der Waals surface area contributed by atoms with Crippen molar-refractivity contribution in [3.05, 3.63) is 34.4 Å². The molecule has 0 saturated carbocycles. The molecule has 16 heavy (non-hydrogen) atoms. The van der Waals surface area contributed by atoms with Crippen LogP contribution in [0.5, 0.6) is 0 Å². The molecule has 0 saturated heterocycles. The Hall–Kier alpha value is -1.68. The number of fused-ring (bicyclic) bond motifs is 1. The average molecular weight is 219 g/mol. The summed E-state index contributed by atoms with van der Waals surface area (Å²) in [6.45, 7) is 3.66. The summed E-state index contributed by atoms with van der Waals surface area (Å²) in [6.07, 6.45) is 0. The van der Waals surface area contributed by atoms with Crippen molar-refractivity contribution in [2.45, 2.75) is 13.8 Å². The topological polar surface area (TPSA) is 57.6 Å². The lowest BCUT2D eigenvalue weighted by molar-refractivity contribution is 0.0624. The molecular weight excluding hydrogens is 206 g/mol. The Morgan fingerprint density at radius 2 is 1.50 bits per heavy atom. The monoisotopic (exact) mass is 219 g/mol. The van der Waals surface area contributed by atoms with Crippen molar-refractivity contribution >= 4 is 11.8 Å². The molecule has 1 heterocycles. The van der Waals surface area contributed by atoms with Crippen LogP contribution in [0.3, 0.4) is 0 Å². The fourth-order valence-electron chi connectivity index (χ4n) is 1.86. The van der Waals surface area contributed by atoms with Gasteiger partial charge < -0.3 is 5.11 Å². The Morgan fingerprint density at radius 1 is 1.06 bits per heavy atom. The van der Waals surface area contributed by atoms with Gasteiger partial charge in [0.15, 0.2) is 0 Å². The van der Waals surface area contributed by atoms with E-state index in [1.807, 2.05) is 13.8 Å². The van der Waals surface area contributed by atoms with E-state index in [0.717, 1.165) is 16.0 Å². The van der Waals surface area contributed by atoms with Crippen molar-refractivity contribution in [1.29, 1.82) is 0 Å². The summed E-state index contributed by atoms with van der Waals surface area (Å²) in [6, 6.07) is 3.48. The molecule has 4 nitrogen and oxygen atoms in total. The van der Waals surface area contributed by atoms with Crippen molar-refractivity contribution in [2.24, 2.45) is 0 Å². The molecule has 2 rings (SSSR count). The Morgan fingerprint density at radius 3 is 1.88 bits per heavy atom. The molecule has 0 unspecified atom stereocenters. The summed E-state index contributed by atoms with van der Waals surface area (Å²) < 4.78 is 0. The van der Waals surface area contributed by atoms with Gasteiger partial charge in [-0.15, -0.1) is 0 Å². The molecule has 0 aromatic heterocycles. The highest BCUT2D eigenvalue weighted by Crippen LogP contribution is 2.25. The van der Waals surface area contributed by atoms with E-state index in [9.17, 15) is 9.59 Å². The first kappa shape index (κ1) is 10.8. The number of hydrogen-bond donors (Lipinski definition) is 1. The van der Waals surface area contributed by atoms with Crippen molar-refractivity contribution < 1.29 is 14.7 Å². The summed E-state index contributed by atoms with van der Waals surface area (Å²) in [4.78, 5) is 24.8. The number of aliphatic hydroxyl groups excluding tert-OH is 1. The second kappa shape index (κ2) is 3.72. The first-order valence-electron chi connectivity index (χ1n) is 5.14. The Kier molecular flexibility index (Phi) is 2.52. The highest BCUT2D eigenvalue weighted by Gasteiger charge is 2.35. The maximum atomic E-state index is 11.9. The minimum Gasteiger partial charge on any atom is -0.395 e. The van der Waals surface area contributed by atoms with Gasteiger partial charge in [-0.3, -0.25) is 14.5 Å². The Labute approximate surface area is 93.5 Å². The summed E-state index contributed by atoms with van der Waals surface area (Å²) in [7, 11) is 0. The zero-order valence-corrected chi connectivity index (χ0v) is 9.28. The van der Waals surface area contributed by atoms with Gasteiger partial charge in [0, 0.05) is 0 Å². The minimum atomic E-state index is -0.308. The van der Waals surface area contributed by atoms with Gasteiger partial charge in [-0.05, 0) is 37.1 Å². The second-order valence-corrected chi connectivity index (χ2v) is 3.97. The van der Waals surface area contributed by atoms with E-state index < -0.39 is 0 Å². The van der Waals surface area contributed by atoms with Crippen LogP contribution in [-0.2, 0) is 0 Å². The van der Waals surface area contributed by atoms with Crippen LogP contribution in [0.1, 0.15) is 31.8 Å². The van der Waals surface area contributed by atoms with E-state index >= 15 is 0 Å². The zero-order chi connectivity index (χ0) is 11.9. The molecule has 0 fully saturated rings. The van der Waals surface area contributed by atoms with Gasteiger partial charge in [0.2, 0.25) is 0 Å². The van der Waals surface area contributed by atoms with Crippen molar-refractivity contribution in [1.82, 2.24) is 4.90 Å². The lowest BCUT2D eigenvalue weighted by atomic mass is 10.0. The number of carbonyl (C=O) groups excluding carboxylic acids is 2. The maximum absolute atomic E-state index is 11.9.